The van der Waals surface area contributed by atoms with Crippen molar-refractivity contribution < 1.29 is 4.39 Å². The molecule has 0 aromatic heterocycles. The van der Waals surface area contributed by atoms with Gasteiger partial charge >= 0.3 is 0 Å². The second-order valence-corrected chi connectivity index (χ2v) is 5.26. The summed E-state index contributed by atoms with van der Waals surface area (Å²) in [6, 6.07) is 11.5. The average Bonchev–Trinajstić information content (AvgIpc) is 2.27. The van der Waals surface area contributed by atoms with E-state index in [-0.39, 0.29) is 11.5 Å². The van der Waals surface area contributed by atoms with Gasteiger partial charge in [0, 0.05) is 11.6 Å². The molecule has 3 saturated carbocycles. The zero-order chi connectivity index (χ0) is 11.9. The van der Waals surface area contributed by atoms with E-state index in [2.05, 4.69) is 11.1 Å². The highest BCUT2D eigenvalue weighted by molar-refractivity contribution is 5.79. The van der Waals surface area contributed by atoms with Crippen LogP contribution < -0.4 is 0 Å². The van der Waals surface area contributed by atoms with Gasteiger partial charge in [0.2, 0.25) is 0 Å². The first-order chi connectivity index (χ1) is 8.16. The highest BCUT2D eigenvalue weighted by atomic mass is 19.1. The molecule has 0 radical (unpaired) electrons. The van der Waals surface area contributed by atoms with Crippen LogP contribution in [0.3, 0.4) is 0 Å². The molecule has 4 rings (SSSR count). The molecule has 1 aromatic rings. The molecule has 0 saturated heterocycles. The first-order valence-electron chi connectivity index (χ1n) is 5.83. The van der Waals surface area contributed by atoms with Crippen molar-refractivity contribution in [1.29, 1.82) is 5.26 Å². The number of hydrogen-bond donors (Lipinski definition) is 0. The molecule has 2 nitrogen and oxygen atoms in total. The molecule has 0 spiro atoms. The standard InChI is InChI=1S/C14H13FN2/c15-14-8-13(9-14,10-14)12(6-16)17-7-11-4-2-1-3-5-11/h1-5,7,12H,8-10H2/b17-7-/t12-,13?,14?/m1/s1. The van der Waals surface area contributed by atoms with Crippen LogP contribution in [0.1, 0.15) is 24.8 Å². The highest BCUT2D eigenvalue weighted by Crippen LogP contribution is 2.71. The van der Waals surface area contributed by atoms with Crippen LogP contribution >= 0.6 is 0 Å². The van der Waals surface area contributed by atoms with E-state index in [0.717, 1.165) is 5.56 Å². The van der Waals surface area contributed by atoms with E-state index in [0.29, 0.717) is 19.3 Å². The number of aliphatic imine (C=N–C) groups is 1. The lowest BCUT2D eigenvalue weighted by molar-refractivity contribution is -0.216. The first-order valence-corrected chi connectivity index (χ1v) is 5.83. The van der Waals surface area contributed by atoms with Crippen molar-refractivity contribution in [2.24, 2.45) is 10.4 Å². The predicted octanol–water partition coefficient (Wildman–Crippen LogP) is 2.89. The maximum Gasteiger partial charge on any atom is 0.142 e. The Hall–Kier alpha value is -1.69. The van der Waals surface area contributed by atoms with Gasteiger partial charge in [-0.15, -0.1) is 0 Å². The molecule has 3 aliphatic carbocycles. The van der Waals surface area contributed by atoms with Gasteiger partial charge in [0.05, 0.1) is 6.07 Å². The summed E-state index contributed by atoms with van der Waals surface area (Å²) in [6.07, 6.45) is 3.28. The summed E-state index contributed by atoms with van der Waals surface area (Å²) in [4.78, 5) is 4.32. The first kappa shape index (κ1) is 10.5. The van der Waals surface area contributed by atoms with Crippen LogP contribution in [0, 0.1) is 16.7 Å². The van der Waals surface area contributed by atoms with Crippen LogP contribution in [0.15, 0.2) is 35.3 Å². The fraction of sp³-hybridized carbons (Fsp3) is 0.429. The SMILES string of the molecule is N#C[C@@H](/N=C\c1ccccc1)C12CC(F)(C1)C2. The second-order valence-electron chi connectivity index (χ2n) is 5.26. The molecule has 0 amide bonds. The van der Waals surface area contributed by atoms with Gasteiger partial charge in [-0.25, -0.2) is 4.39 Å². The normalized spacial score (nSPS) is 35.8. The van der Waals surface area contributed by atoms with Gasteiger partial charge in [0.1, 0.15) is 11.7 Å². The molecule has 0 unspecified atom stereocenters. The predicted molar refractivity (Wildman–Crippen MR) is 63.6 cm³/mol. The Kier molecular flexibility index (Phi) is 2.09. The quantitative estimate of drug-likeness (QED) is 0.733. The largest absolute Gasteiger partial charge is 0.273 e. The van der Waals surface area contributed by atoms with Crippen molar-refractivity contribution >= 4 is 6.21 Å². The molecular formula is C14H13FN2. The molecule has 0 heterocycles. The lowest BCUT2D eigenvalue weighted by Crippen LogP contribution is -2.68. The summed E-state index contributed by atoms with van der Waals surface area (Å²) in [5.41, 5.74) is -0.138. The number of benzene rings is 1. The third-order valence-corrected chi connectivity index (χ3v) is 3.88. The van der Waals surface area contributed by atoms with E-state index >= 15 is 0 Å². The van der Waals surface area contributed by atoms with Gasteiger partial charge in [0.25, 0.3) is 0 Å². The van der Waals surface area contributed by atoms with Gasteiger partial charge in [-0.2, -0.15) is 5.26 Å². The van der Waals surface area contributed by atoms with Gasteiger partial charge in [-0.3, -0.25) is 4.99 Å². The number of hydrogen-bond acceptors (Lipinski definition) is 2. The zero-order valence-electron chi connectivity index (χ0n) is 9.44. The van der Waals surface area contributed by atoms with Crippen LogP contribution in [-0.4, -0.2) is 17.9 Å². The Balaban J connectivity index is 1.72. The van der Waals surface area contributed by atoms with E-state index in [1.807, 2.05) is 30.3 Å². The van der Waals surface area contributed by atoms with Crippen LogP contribution in [0.25, 0.3) is 0 Å². The van der Waals surface area contributed by atoms with Crippen molar-refractivity contribution in [2.45, 2.75) is 31.0 Å². The Morgan fingerprint density at radius 3 is 2.47 bits per heavy atom. The number of halogens is 1. The molecule has 3 heteroatoms. The monoisotopic (exact) mass is 228 g/mol. The van der Waals surface area contributed by atoms with Crippen LogP contribution in [0.4, 0.5) is 4.39 Å². The maximum absolute atomic E-state index is 13.4. The van der Waals surface area contributed by atoms with Gasteiger partial charge < -0.3 is 0 Å². The smallest absolute Gasteiger partial charge is 0.142 e. The molecule has 0 aliphatic heterocycles. The minimum Gasteiger partial charge on any atom is -0.273 e. The third-order valence-electron chi connectivity index (χ3n) is 3.88. The van der Waals surface area contributed by atoms with Crippen molar-refractivity contribution in [3.05, 3.63) is 35.9 Å². The minimum atomic E-state index is -0.961. The van der Waals surface area contributed by atoms with E-state index in [9.17, 15) is 4.39 Å². The summed E-state index contributed by atoms with van der Waals surface area (Å²) < 4.78 is 13.4. The summed E-state index contributed by atoms with van der Waals surface area (Å²) in [6.45, 7) is 0. The minimum absolute atomic E-state index is 0.158. The number of nitriles is 1. The van der Waals surface area contributed by atoms with E-state index in [4.69, 9.17) is 5.26 Å². The Labute approximate surface area is 99.8 Å². The zero-order valence-corrected chi connectivity index (χ0v) is 9.44. The molecule has 2 bridgehead atoms. The third kappa shape index (κ3) is 1.56. The second kappa shape index (κ2) is 3.40. The van der Waals surface area contributed by atoms with E-state index in [1.54, 1.807) is 6.21 Å². The number of alkyl halides is 1. The van der Waals surface area contributed by atoms with Crippen LogP contribution in [-0.2, 0) is 0 Å². The van der Waals surface area contributed by atoms with Crippen molar-refractivity contribution in [3.63, 3.8) is 0 Å². The molecule has 3 fully saturated rings. The van der Waals surface area contributed by atoms with Crippen molar-refractivity contribution in [2.75, 3.05) is 0 Å². The summed E-state index contributed by atoms with van der Waals surface area (Å²) in [7, 11) is 0. The highest BCUT2D eigenvalue weighted by Gasteiger charge is 2.72. The number of nitrogens with zero attached hydrogens (tertiary/aromatic N) is 2. The van der Waals surface area contributed by atoms with Gasteiger partial charge in [-0.05, 0) is 24.8 Å². The molecule has 86 valence electrons. The molecule has 17 heavy (non-hydrogen) atoms. The average molecular weight is 228 g/mol. The maximum atomic E-state index is 13.4. The fourth-order valence-electron chi connectivity index (χ4n) is 3.06. The Morgan fingerprint density at radius 2 is 1.94 bits per heavy atom. The Bertz CT molecular complexity index is 481. The van der Waals surface area contributed by atoms with Gasteiger partial charge in [-0.1, -0.05) is 30.3 Å². The molecule has 1 aromatic carbocycles. The van der Waals surface area contributed by atoms with Crippen LogP contribution in [0.5, 0.6) is 0 Å². The van der Waals surface area contributed by atoms with Gasteiger partial charge in [0.15, 0.2) is 0 Å². The summed E-state index contributed by atoms with van der Waals surface area (Å²) in [5, 5.41) is 9.13. The lowest BCUT2D eigenvalue weighted by Gasteiger charge is -2.66. The Morgan fingerprint density at radius 1 is 1.29 bits per heavy atom. The van der Waals surface area contributed by atoms with Crippen molar-refractivity contribution in [1.82, 2.24) is 0 Å². The topological polar surface area (TPSA) is 36.1 Å². The van der Waals surface area contributed by atoms with Crippen molar-refractivity contribution in [3.8, 4) is 6.07 Å². The summed E-state index contributed by atoms with van der Waals surface area (Å²) in [5.74, 6) is 0. The molecule has 0 N–H and O–H groups in total. The number of rotatable bonds is 3. The molecular weight excluding hydrogens is 215 g/mol. The summed E-state index contributed by atoms with van der Waals surface area (Å²) >= 11 is 0. The van der Waals surface area contributed by atoms with E-state index in [1.165, 1.54) is 0 Å². The van der Waals surface area contributed by atoms with Crippen LogP contribution in [0.2, 0.25) is 0 Å². The fourth-order valence-corrected chi connectivity index (χ4v) is 3.06. The molecule has 3 aliphatic rings. The lowest BCUT2D eigenvalue weighted by atomic mass is 9.40. The molecule has 1 atom stereocenters. The van der Waals surface area contributed by atoms with E-state index < -0.39 is 5.67 Å².